The van der Waals surface area contributed by atoms with Crippen LogP contribution in [0.2, 0.25) is 0 Å². The molecule has 50 valence electrons. The summed E-state index contributed by atoms with van der Waals surface area (Å²) < 4.78 is 0. The maximum Gasteiger partial charge on any atom is 0.181 e. The summed E-state index contributed by atoms with van der Waals surface area (Å²) in [5.41, 5.74) is 0. The highest BCUT2D eigenvalue weighted by molar-refractivity contribution is 8.93. The van der Waals surface area contributed by atoms with Crippen molar-refractivity contribution in [2.24, 2.45) is 0 Å². The Bertz CT molecular complexity index is 126. The zero-order valence-electron chi connectivity index (χ0n) is 5.21. The maximum atomic E-state index is 9.44. The van der Waals surface area contributed by atoms with E-state index in [1.54, 1.807) is 0 Å². The van der Waals surface area contributed by atoms with Crippen molar-refractivity contribution < 1.29 is 4.79 Å². The van der Waals surface area contributed by atoms with Crippen molar-refractivity contribution in [3.63, 3.8) is 0 Å². The van der Waals surface area contributed by atoms with Crippen LogP contribution in [0.3, 0.4) is 0 Å². The summed E-state index contributed by atoms with van der Waals surface area (Å²) in [6.07, 6.45) is 0. The first-order valence-corrected chi connectivity index (χ1v) is 1.90. The quantitative estimate of drug-likeness (QED) is 0.577. The molecule has 0 aromatic carbocycles. The van der Waals surface area contributed by atoms with Crippen molar-refractivity contribution in [2.45, 2.75) is 13.8 Å². The van der Waals surface area contributed by atoms with Gasteiger partial charge < -0.3 is 4.79 Å². The second-order valence-electron chi connectivity index (χ2n) is 1.13. The van der Waals surface area contributed by atoms with Gasteiger partial charge >= 0.3 is 0 Å². The summed E-state index contributed by atoms with van der Waals surface area (Å²) in [6.45, 7) is 3.06. The number of carbonyl (C=O) groups excluding carboxylic acids is 1. The standard InChI is InChI=1S/C3H6O.C2N2.BrH/c1-3(2)4;3-1-2-4;/h1-2H3;;1H. The molecule has 0 aromatic heterocycles. The van der Waals surface area contributed by atoms with E-state index in [9.17, 15) is 4.79 Å². The van der Waals surface area contributed by atoms with Gasteiger partial charge in [0.1, 0.15) is 5.78 Å². The van der Waals surface area contributed by atoms with Crippen LogP contribution in [-0.4, -0.2) is 5.78 Å². The van der Waals surface area contributed by atoms with Crippen LogP contribution in [0.25, 0.3) is 0 Å². The van der Waals surface area contributed by atoms with E-state index in [0.29, 0.717) is 0 Å². The third kappa shape index (κ3) is 11100. The second kappa shape index (κ2) is 15.7. The lowest BCUT2D eigenvalue weighted by atomic mass is 10.6. The summed E-state index contributed by atoms with van der Waals surface area (Å²) in [5.74, 6) is 0.167. The van der Waals surface area contributed by atoms with Gasteiger partial charge in [0.25, 0.3) is 0 Å². The number of rotatable bonds is 0. The molecule has 0 rings (SSSR count). The molecule has 0 atom stereocenters. The molecule has 0 spiro atoms. The highest BCUT2D eigenvalue weighted by atomic mass is 79.9. The number of nitrogens with zero attached hydrogens (tertiary/aromatic N) is 2. The topological polar surface area (TPSA) is 64.7 Å². The third-order valence-electron chi connectivity index (χ3n) is 0.0500. The van der Waals surface area contributed by atoms with E-state index in [-0.39, 0.29) is 22.8 Å². The molecule has 0 saturated heterocycles. The zero-order valence-corrected chi connectivity index (χ0v) is 6.92. The lowest BCUT2D eigenvalue weighted by molar-refractivity contribution is -0.114. The lowest BCUT2D eigenvalue weighted by Crippen LogP contribution is -1.69. The van der Waals surface area contributed by atoms with Crippen molar-refractivity contribution >= 4 is 22.8 Å². The van der Waals surface area contributed by atoms with Crippen molar-refractivity contribution in [3.05, 3.63) is 0 Å². The van der Waals surface area contributed by atoms with E-state index in [1.165, 1.54) is 26.0 Å². The lowest BCUT2D eigenvalue weighted by Gasteiger charge is -1.56. The molecule has 0 fully saturated rings. The number of ketones is 1. The van der Waals surface area contributed by atoms with Crippen LogP contribution in [0.15, 0.2) is 0 Å². The van der Waals surface area contributed by atoms with E-state index in [1.807, 2.05) is 0 Å². The average Bonchev–Trinajstić information content (AvgIpc) is 1.65. The van der Waals surface area contributed by atoms with Gasteiger partial charge in [-0.1, -0.05) is 0 Å². The third-order valence-corrected chi connectivity index (χ3v) is 0.0500. The largest absolute Gasteiger partial charge is 0.300 e. The Balaban J connectivity index is -0.0000000720. The molecule has 0 aromatic rings. The molecule has 4 heteroatoms. The molecule has 0 aliphatic heterocycles. The fourth-order valence-corrected chi connectivity index (χ4v) is 0. The fraction of sp³-hybridized carbons (Fsp3) is 0.400. The Kier molecular flexibility index (Phi) is 27.4. The SMILES string of the molecule is Br.CC(C)=O.N#CC#N. The first-order valence-electron chi connectivity index (χ1n) is 1.90. The van der Waals surface area contributed by atoms with Crippen LogP contribution in [-0.2, 0) is 4.79 Å². The minimum Gasteiger partial charge on any atom is -0.300 e. The van der Waals surface area contributed by atoms with Crippen LogP contribution in [0.1, 0.15) is 13.8 Å². The van der Waals surface area contributed by atoms with Gasteiger partial charge in [-0.25, -0.2) is 0 Å². The summed E-state index contributed by atoms with van der Waals surface area (Å²) >= 11 is 0. The number of Topliss-reactive ketones (excluding diaryl/α,β-unsaturated/α-hetero) is 1. The Hall–Kier alpha value is -0.870. The van der Waals surface area contributed by atoms with Gasteiger partial charge in [0.2, 0.25) is 0 Å². The Morgan fingerprint density at radius 1 is 1.22 bits per heavy atom. The second-order valence-corrected chi connectivity index (χ2v) is 1.13. The first-order chi connectivity index (χ1) is 3.65. The predicted octanol–water partition coefficient (Wildman–Crippen LogP) is 1.21. The molecule has 0 heterocycles. The molecule has 0 amide bonds. The summed E-state index contributed by atoms with van der Waals surface area (Å²) in [4.78, 5) is 9.44. The highest BCUT2D eigenvalue weighted by Gasteiger charge is 1.62. The average molecular weight is 191 g/mol. The minimum atomic E-state index is 0. The molecule has 3 nitrogen and oxygen atoms in total. The first kappa shape index (κ1) is 15.7. The molecular weight excluding hydrogens is 184 g/mol. The van der Waals surface area contributed by atoms with E-state index in [0.717, 1.165) is 0 Å². The Morgan fingerprint density at radius 2 is 1.33 bits per heavy atom. The van der Waals surface area contributed by atoms with Crippen molar-refractivity contribution in [3.8, 4) is 12.1 Å². The minimum absolute atomic E-state index is 0. The van der Waals surface area contributed by atoms with E-state index in [4.69, 9.17) is 10.5 Å². The molecule has 0 aliphatic rings. The number of hydrogen-bond donors (Lipinski definition) is 0. The molecule has 0 unspecified atom stereocenters. The highest BCUT2D eigenvalue weighted by Crippen LogP contribution is 1.50. The van der Waals surface area contributed by atoms with Gasteiger partial charge in [0.05, 0.1) is 0 Å². The molecular formula is C5H7BrN2O. The monoisotopic (exact) mass is 190 g/mol. The molecule has 0 bridgehead atoms. The van der Waals surface area contributed by atoms with Crippen LogP contribution in [0.4, 0.5) is 0 Å². The molecule has 0 saturated carbocycles. The molecule has 0 radical (unpaired) electrons. The summed E-state index contributed by atoms with van der Waals surface area (Å²) in [7, 11) is 0. The maximum absolute atomic E-state index is 9.44. The zero-order chi connectivity index (χ0) is 6.99. The predicted molar refractivity (Wildman–Crippen MR) is 37.9 cm³/mol. The van der Waals surface area contributed by atoms with Gasteiger partial charge in [-0.05, 0) is 13.8 Å². The number of hydrogen-bond acceptors (Lipinski definition) is 3. The molecule has 9 heavy (non-hydrogen) atoms. The van der Waals surface area contributed by atoms with Crippen LogP contribution in [0.5, 0.6) is 0 Å². The van der Waals surface area contributed by atoms with Gasteiger partial charge in [-0.15, -0.1) is 17.0 Å². The van der Waals surface area contributed by atoms with Crippen molar-refractivity contribution in [1.29, 1.82) is 10.5 Å². The van der Waals surface area contributed by atoms with Crippen LogP contribution in [0, 0.1) is 22.7 Å². The van der Waals surface area contributed by atoms with E-state index in [2.05, 4.69) is 0 Å². The number of halogens is 1. The fourth-order valence-electron chi connectivity index (χ4n) is 0. The molecule has 0 aliphatic carbocycles. The normalized spacial score (nSPS) is 4.00. The van der Waals surface area contributed by atoms with Gasteiger partial charge in [0, 0.05) is 0 Å². The Labute approximate surface area is 64.7 Å². The summed E-state index contributed by atoms with van der Waals surface area (Å²) in [5, 5.41) is 14.5. The van der Waals surface area contributed by atoms with E-state index < -0.39 is 0 Å². The molecule has 0 N–H and O–H groups in total. The summed E-state index contributed by atoms with van der Waals surface area (Å²) in [6, 6.07) is 2.47. The van der Waals surface area contributed by atoms with E-state index >= 15 is 0 Å². The van der Waals surface area contributed by atoms with Crippen molar-refractivity contribution in [1.82, 2.24) is 0 Å². The number of carbonyl (C=O) groups is 1. The van der Waals surface area contributed by atoms with Gasteiger partial charge in [0.15, 0.2) is 12.1 Å². The number of nitriles is 2. The van der Waals surface area contributed by atoms with Gasteiger partial charge in [-0.3, -0.25) is 0 Å². The van der Waals surface area contributed by atoms with Crippen molar-refractivity contribution in [2.75, 3.05) is 0 Å². The van der Waals surface area contributed by atoms with Crippen LogP contribution >= 0.6 is 17.0 Å². The smallest absolute Gasteiger partial charge is 0.181 e. The van der Waals surface area contributed by atoms with Crippen LogP contribution < -0.4 is 0 Å². The Morgan fingerprint density at radius 3 is 1.33 bits per heavy atom. The van der Waals surface area contributed by atoms with Gasteiger partial charge in [-0.2, -0.15) is 10.5 Å².